The molecule has 4 aromatic rings. The molecule has 146 valence electrons. The minimum Gasteiger partial charge on any atom is -0.467 e. The first-order valence-corrected chi connectivity index (χ1v) is 10.5. The van der Waals surface area contributed by atoms with Gasteiger partial charge in [0, 0.05) is 5.56 Å². The molecule has 2 aromatic carbocycles. The Labute approximate surface area is 174 Å². The zero-order chi connectivity index (χ0) is 20.1. The van der Waals surface area contributed by atoms with Crippen molar-refractivity contribution in [2.45, 2.75) is 10.9 Å². The highest BCUT2D eigenvalue weighted by molar-refractivity contribution is 8.01. The summed E-state index contributed by atoms with van der Waals surface area (Å²) in [6.07, 6.45) is 1.56. The molecule has 0 bridgehead atoms. The predicted octanol–water partition coefficient (Wildman–Crippen LogP) is 3.95. The smallest absolute Gasteiger partial charge is 0.258 e. The van der Waals surface area contributed by atoms with Gasteiger partial charge < -0.3 is 9.73 Å². The van der Waals surface area contributed by atoms with E-state index >= 15 is 0 Å². The molecule has 0 aliphatic heterocycles. The van der Waals surface area contributed by atoms with Crippen LogP contribution in [0.15, 0.2) is 69.6 Å². The van der Waals surface area contributed by atoms with Gasteiger partial charge >= 0.3 is 0 Å². The highest BCUT2D eigenvalue weighted by Crippen LogP contribution is 2.26. The standard InChI is InChI=1S/C20H16N4O3S2/c25-17(21-11-14-7-4-10-27-14)12-28-20-24-23-19(29-20)22-18(26)16-9-3-6-13-5-1-2-8-15(13)16/h1-10H,11-12H2,(H,21,25)(H,22,23,26). The van der Waals surface area contributed by atoms with Gasteiger partial charge in [-0.1, -0.05) is 59.5 Å². The van der Waals surface area contributed by atoms with E-state index in [1.807, 2.05) is 36.4 Å². The van der Waals surface area contributed by atoms with Gasteiger partial charge in [-0.25, -0.2) is 0 Å². The summed E-state index contributed by atoms with van der Waals surface area (Å²) in [5, 5.41) is 15.8. The Bertz CT molecular complexity index is 1140. The maximum atomic E-state index is 12.6. The van der Waals surface area contributed by atoms with Gasteiger partial charge in [-0.15, -0.1) is 10.2 Å². The van der Waals surface area contributed by atoms with Crippen molar-refractivity contribution in [2.75, 3.05) is 11.1 Å². The zero-order valence-electron chi connectivity index (χ0n) is 15.1. The number of thioether (sulfide) groups is 1. The molecule has 0 saturated carbocycles. The van der Waals surface area contributed by atoms with Gasteiger partial charge in [-0.05, 0) is 29.0 Å². The molecule has 2 N–H and O–H groups in total. The van der Waals surface area contributed by atoms with Crippen molar-refractivity contribution in [1.29, 1.82) is 0 Å². The molecule has 2 heterocycles. The lowest BCUT2D eigenvalue weighted by molar-refractivity contribution is -0.118. The zero-order valence-corrected chi connectivity index (χ0v) is 16.8. The van der Waals surface area contributed by atoms with E-state index in [-0.39, 0.29) is 17.6 Å². The summed E-state index contributed by atoms with van der Waals surface area (Å²) in [5.74, 6) is 0.512. The number of aromatic nitrogens is 2. The van der Waals surface area contributed by atoms with Crippen LogP contribution in [0, 0.1) is 0 Å². The lowest BCUT2D eigenvalue weighted by atomic mass is 10.0. The minimum atomic E-state index is -0.245. The monoisotopic (exact) mass is 424 g/mol. The number of furan rings is 1. The Hall–Kier alpha value is -3.17. The van der Waals surface area contributed by atoms with Crippen LogP contribution in [0.3, 0.4) is 0 Å². The molecule has 29 heavy (non-hydrogen) atoms. The minimum absolute atomic E-state index is 0.136. The number of rotatable bonds is 7. The normalized spacial score (nSPS) is 10.8. The van der Waals surface area contributed by atoms with Gasteiger partial charge in [-0.2, -0.15) is 0 Å². The van der Waals surface area contributed by atoms with E-state index in [1.54, 1.807) is 24.5 Å². The fraction of sp³-hybridized carbons (Fsp3) is 0.100. The number of benzene rings is 2. The molecule has 0 fully saturated rings. The lowest BCUT2D eigenvalue weighted by Gasteiger charge is -2.05. The van der Waals surface area contributed by atoms with Crippen LogP contribution in [-0.2, 0) is 11.3 Å². The number of nitrogens with zero attached hydrogens (tertiary/aromatic N) is 2. The molecule has 0 atom stereocenters. The summed E-state index contributed by atoms with van der Waals surface area (Å²) in [6, 6.07) is 16.9. The summed E-state index contributed by atoms with van der Waals surface area (Å²) in [7, 11) is 0. The van der Waals surface area contributed by atoms with Crippen molar-refractivity contribution in [2.24, 2.45) is 0 Å². The van der Waals surface area contributed by atoms with Crippen LogP contribution in [0.25, 0.3) is 10.8 Å². The Kier molecular flexibility index (Phi) is 5.87. The molecule has 0 spiro atoms. The Morgan fingerprint density at radius 1 is 1.03 bits per heavy atom. The van der Waals surface area contributed by atoms with Crippen LogP contribution in [0.4, 0.5) is 5.13 Å². The fourth-order valence-corrected chi connectivity index (χ4v) is 4.26. The molecular formula is C20H16N4O3S2. The molecule has 4 rings (SSSR count). The van der Waals surface area contributed by atoms with Crippen molar-refractivity contribution in [1.82, 2.24) is 15.5 Å². The first kappa shape index (κ1) is 19.2. The van der Waals surface area contributed by atoms with Crippen LogP contribution in [0.2, 0.25) is 0 Å². The van der Waals surface area contributed by atoms with E-state index in [0.29, 0.717) is 27.3 Å². The van der Waals surface area contributed by atoms with Gasteiger partial charge in [-0.3, -0.25) is 14.9 Å². The van der Waals surface area contributed by atoms with Crippen LogP contribution >= 0.6 is 23.1 Å². The highest BCUT2D eigenvalue weighted by atomic mass is 32.2. The van der Waals surface area contributed by atoms with Crippen molar-refractivity contribution in [3.63, 3.8) is 0 Å². The van der Waals surface area contributed by atoms with E-state index in [4.69, 9.17) is 4.42 Å². The average molecular weight is 425 g/mol. The molecule has 0 aliphatic rings. The topological polar surface area (TPSA) is 97.1 Å². The van der Waals surface area contributed by atoms with Gasteiger partial charge in [0.2, 0.25) is 11.0 Å². The number of hydrogen-bond acceptors (Lipinski definition) is 7. The maximum absolute atomic E-state index is 12.6. The van der Waals surface area contributed by atoms with Gasteiger partial charge in [0.15, 0.2) is 4.34 Å². The molecule has 2 amide bonds. The van der Waals surface area contributed by atoms with E-state index in [0.717, 1.165) is 10.8 Å². The SMILES string of the molecule is O=C(CSc1nnc(NC(=O)c2cccc3ccccc23)s1)NCc1ccco1. The number of amides is 2. The number of anilines is 1. The number of fused-ring (bicyclic) bond motifs is 1. The Morgan fingerprint density at radius 2 is 1.90 bits per heavy atom. The van der Waals surface area contributed by atoms with Crippen molar-refractivity contribution < 1.29 is 14.0 Å². The number of carbonyl (C=O) groups is 2. The number of nitrogens with one attached hydrogen (secondary N) is 2. The molecule has 7 nitrogen and oxygen atoms in total. The summed E-state index contributed by atoms with van der Waals surface area (Å²) in [6.45, 7) is 0.342. The average Bonchev–Trinajstić information content (AvgIpc) is 3.42. The highest BCUT2D eigenvalue weighted by Gasteiger charge is 2.14. The first-order chi connectivity index (χ1) is 14.2. The molecule has 0 saturated heterocycles. The van der Waals surface area contributed by atoms with Crippen LogP contribution in [0.5, 0.6) is 0 Å². The molecule has 0 radical (unpaired) electrons. The van der Waals surface area contributed by atoms with E-state index < -0.39 is 0 Å². The van der Waals surface area contributed by atoms with E-state index in [2.05, 4.69) is 20.8 Å². The predicted molar refractivity (Wildman–Crippen MR) is 113 cm³/mol. The van der Waals surface area contributed by atoms with Gasteiger partial charge in [0.25, 0.3) is 5.91 Å². The summed E-state index contributed by atoms with van der Waals surface area (Å²) in [4.78, 5) is 24.6. The number of hydrogen-bond donors (Lipinski definition) is 2. The third kappa shape index (κ3) is 4.82. The molecule has 0 unspecified atom stereocenters. The third-order valence-electron chi connectivity index (χ3n) is 4.03. The van der Waals surface area contributed by atoms with E-state index in [1.165, 1.54) is 23.1 Å². The lowest BCUT2D eigenvalue weighted by Crippen LogP contribution is -2.24. The van der Waals surface area contributed by atoms with Crippen LogP contribution < -0.4 is 10.6 Å². The third-order valence-corrected chi connectivity index (χ3v) is 6.00. The van der Waals surface area contributed by atoms with Gasteiger partial charge in [0.05, 0.1) is 18.6 Å². The Balaban J connectivity index is 1.33. The molecule has 9 heteroatoms. The Morgan fingerprint density at radius 3 is 2.76 bits per heavy atom. The summed E-state index contributed by atoms with van der Waals surface area (Å²) < 4.78 is 5.77. The molecular weight excluding hydrogens is 408 g/mol. The quantitative estimate of drug-likeness (QED) is 0.344. The second-order valence-corrected chi connectivity index (χ2v) is 8.20. The summed E-state index contributed by atoms with van der Waals surface area (Å²) in [5.41, 5.74) is 0.574. The van der Waals surface area contributed by atoms with E-state index in [9.17, 15) is 9.59 Å². The maximum Gasteiger partial charge on any atom is 0.258 e. The second-order valence-electron chi connectivity index (χ2n) is 6.00. The van der Waals surface area contributed by atoms with Crippen LogP contribution in [0.1, 0.15) is 16.1 Å². The second kappa shape index (κ2) is 8.89. The van der Waals surface area contributed by atoms with Crippen molar-refractivity contribution >= 4 is 50.8 Å². The first-order valence-electron chi connectivity index (χ1n) is 8.73. The fourth-order valence-electron chi connectivity index (χ4n) is 2.68. The van der Waals surface area contributed by atoms with Crippen LogP contribution in [-0.4, -0.2) is 27.8 Å². The molecule has 2 aromatic heterocycles. The number of carbonyl (C=O) groups excluding carboxylic acids is 2. The largest absolute Gasteiger partial charge is 0.467 e. The summed E-state index contributed by atoms with van der Waals surface area (Å²) >= 11 is 2.49. The molecule has 0 aliphatic carbocycles. The van der Waals surface area contributed by atoms with Gasteiger partial charge in [0.1, 0.15) is 5.76 Å². The van der Waals surface area contributed by atoms with Crippen molar-refractivity contribution in [3.05, 3.63) is 72.2 Å². The van der Waals surface area contributed by atoms with Crippen molar-refractivity contribution in [3.8, 4) is 0 Å².